The molecule has 0 spiro atoms. The molecule has 60 valence electrons. The summed E-state index contributed by atoms with van der Waals surface area (Å²) < 4.78 is 4.79. The number of rotatable bonds is 3. The largest absolute Gasteiger partial charge is 0.349 e. The maximum atomic E-state index is 5.29. The Morgan fingerprint density at radius 3 is 3.00 bits per heavy atom. The first-order valence-electron chi connectivity index (χ1n) is 3.67. The van der Waals surface area contributed by atoms with Crippen molar-refractivity contribution in [2.24, 2.45) is 5.73 Å². The van der Waals surface area contributed by atoms with Crippen molar-refractivity contribution in [2.45, 2.75) is 25.4 Å². The van der Waals surface area contributed by atoms with Crippen molar-refractivity contribution in [2.75, 3.05) is 5.32 Å². The fraction of sp³-hybridized carbons (Fsp3) is 0.667. The van der Waals surface area contributed by atoms with Crippen molar-refractivity contribution in [3.05, 3.63) is 5.89 Å². The Balaban J connectivity index is 1.99. The zero-order valence-corrected chi connectivity index (χ0v) is 6.08. The van der Waals surface area contributed by atoms with E-state index in [1.54, 1.807) is 0 Å². The van der Waals surface area contributed by atoms with Gasteiger partial charge in [0.05, 0.1) is 6.54 Å². The minimum atomic E-state index is 0.305. The van der Waals surface area contributed by atoms with Crippen LogP contribution in [0.25, 0.3) is 0 Å². The van der Waals surface area contributed by atoms with Crippen molar-refractivity contribution >= 4 is 5.95 Å². The van der Waals surface area contributed by atoms with E-state index in [9.17, 15) is 0 Å². The molecule has 0 aromatic carbocycles. The molecule has 1 saturated carbocycles. The fourth-order valence-corrected chi connectivity index (χ4v) is 0.807. The van der Waals surface area contributed by atoms with Crippen molar-refractivity contribution in [3.63, 3.8) is 0 Å². The van der Waals surface area contributed by atoms with Crippen LogP contribution in [0.15, 0.2) is 4.52 Å². The van der Waals surface area contributed by atoms with Crippen LogP contribution in [0.4, 0.5) is 5.95 Å². The molecule has 5 heteroatoms. The highest BCUT2D eigenvalue weighted by Gasteiger charge is 2.22. The lowest BCUT2D eigenvalue weighted by molar-refractivity contribution is 0.380. The first-order chi connectivity index (χ1) is 5.38. The molecule has 11 heavy (non-hydrogen) atoms. The summed E-state index contributed by atoms with van der Waals surface area (Å²) in [7, 11) is 0. The van der Waals surface area contributed by atoms with E-state index in [-0.39, 0.29) is 0 Å². The summed E-state index contributed by atoms with van der Waals surface area (Å²) in [6.07, 6.45) is 2.40. The van der Waals surface area contributed by atoms with E-state index in [1.165, 1.54) is 12.8 Å². The van der Waals surface area contributed by atoms with Crippen LogP contribution in [0.1, 0.15) is 18.7 Å². The Morgan fingerprint density at radius 2 is 2.45 bits per heavy atom. The molecule has 0 bridgehead atoms. The third kappa shape index (κ3) is 1.48. The average molecular weight is 154 g/mol. The van der Waals surface area contributed by atoms with Crippen LogP contribution in [0.2, 0.25) is 0 Å². The average Bonchev–Trinajstić information content (AvgIpc) is 2.68. The van der Waals surface area contributed by atoms with Crippen LogP contribution in [0.3, 0.4) is 0 Å². The van der Waals surface area contributed by atoms with Crippen molar-refractivity contribution in [1.82, 2.24) is 10.1 Å². The second-order valence-electron chi connectivity index (χ2n) is 2.63. The molecule has 0 unspecified atom stereocenters. The van der Waals surface area contributed by atoms with Gasteiger partial charge < -0.3 is 15.6 Å². The van der Waals surface area contributed by atoms with E-state index >= 15 is 0 Å². The molecule has 0 atom stereocenters. The van der Waals surface area contributed by atoms with Crippen molar-refractivity contribution < 1.29 is 4.52 Å². The van der Waals surface area contributed by atoms with Crippen LogP contribution in [-0.2, 0) is 6.54 Å². The number of nitrogens with one attached hydrogen (secondary N) is 1. The van der Waals surface area contributed by atoms with Gasteiger partial charge in [0.15, 0.2) is 0 Å². The normalized spacial score (nSPS) is 16.8. The Hall–Kier alpha value is -1.10. The highest BCUT2D eigenvalue weighted by Crippen LogP contribution is 2.22. The molecule has 5 nitrogen and oxygen atoms in total. The standard InChI is InChI=1S/C6H10N4O/c7-3-5-9-6(10-11-5)8-4-1-2-4/h4H,1-3,7H2,(H,8,10). The van der Waals surface area contributed by atoms with Gasteiger partial charge in [0.1, 0.15) is 0 Å². The molecule has 1 aliphatic carbocycles. The molecule has 1 aromatic rings. The molecular formula is C6H10N4O. The number of hydrogen-bond acceptors (Lipinski definition) is 5. The van der Waals surface area contributed by atoms with E-state index < -0.39 is 0 Å². The van der Waals surface area contributed by atoms with Gasteiger partial charge in [-0.3, -0.25) is 0 Å². The highest BCUT2D eigenvalue weighted by atomic mass is 16.5. The Kier molecular flexibility index (Phi) is 1.50. The summed E-state index contributed by atoms with van der Waals surface area (Å²) in [6, 6.07) is 0.554. The van der Waals surface area contributed by atoms with Crippen LogP contribution in [0, 0.1) is 0 Å². The molecular weight excluding hydrogens is 144 g/mol. The summed E-state index contributed by atoms with van der Waals surface area (Å²) in [5.74, 6) is 1.04. The van der Waals surface area contributed by atoms with E-state index in [0.717, 1.165) is 0 Å². The maximum absolute atomic E-state index is 5.29. The SMILES string of the molecule is NCc1nc(NC2CC2)no1. The van der Waals surface area contributed by atoms with E-state index in [1.807, 2.05) is 0 Å². The number of hydrogen-bond donors (Lipinski definition) is 2. The first-order valence-corrected chi connectivity index (χ1v) is 3.67. The van der Waals surface area contributed by atoms with Gasteiger partial charge in [0, 0.05) is 6.04 Å². The molecule has 1 fully saturated rings. The third-order valence-corrected chi connectivity index (χ3v) is 1.55. The molecule has 1 aromatic heterocycles. The smallest absolute Gasteiger partial charge is 0.263 e. The summed E-state index contributed by atoms with van der Waals surface area (Å²) in [6.45, 7) is 0.305. The van der Waals surface area contributed by atoms with Gasteiger partial charge in [-0.2, -0.15) is 4.98 Å². The molecule has 0 amide bonds. The summed E-state index contributed by atoms with van der Waals surface area (Å²) in [5.41, 5.74) is 5.29. The molecule has 0 saturated heterocycles. The second kappa shape index (κ2) is 2.50. The highest BCUT2D eigenvalue weighted by molar-refractivity contribution is 5.25. The lowest BCUT2D eigenvalue weighted by atomic mass is 10.6. The Labute approximate surface area is 64.0 Å². The van der Waals surface area contributed by atoms with Crippen LogP contribution in [-0.4, -0.2) is 16.2 Å². The lowest BCUT2D eigenvalue weighted by Gasteiger charge is -1.92. The van der Waals surface area contributed by atoms with Gasteiger partial charge in [-0.15, -0.1) is 0 Å². The molecule has 1 heterocycles. The molecule has 1 aliphatic rings. The first kappa shape index (κ1) is 6.60. The Morgan fingerprint density at radius 1 is 1.64 bits per heavy atom. The van der Waals surface area contributed by atoms with E-state index in [2.05, 4.69) is 15.5 Å². The minimum absolute atomic E-state index is 0.305. The van der Waals surface area contributed by atoms with Gasteiger partial charge in [0.25, 0.3) is 5.95 Å². The summed E-state index contributed by atoms with van der Waals surface area (Å²) >= 11 is 0. The number of nitrogens with two attached hydrogens (primary N) is 1. The monoisotopic (exact) mass is 154 g/mol. The quantitative estimate of drug-likeness (QED) is 0.645. The zero-order valence-electron chi connectivity index (χ0n) is 6.08. The molecule has 0 aliphatic heterocycles. The predicted octanol–water partition coefficient (Wildman–Crippen LogP) is 0.103. The van der Waals surface area contributed by atoms with Gasteiger partial charge in [-0.1, -0.05) is 0 Å². The fourth-order valence-electron chi connectivity index (χ4n) is 0.807. The minimum Gasteiger partial charge on any atom is -0.349 e. The van der Waals surface area contributed by atoms with Gasteiger partial charge >= 0.3 is 0 Å². The maximum Gasteiger partial charge on any atom is 0.263 e. The third-order valence-electron chi connectivity index (χ3n) is 1.55. The van der Waals surface area contributed by atoms with Gasteiger partial charge in [-0.25, -0.2) is 0 Å². The summed E-state index contributed by atoms with van der Waals surface area (Å²) in [4.78, 5) is 4.00. The summed E-state index contributed by atoms with van der Waals surface area (Å²) in [5, 5.41) is 6.79. The lowest BCUT2D eigenvalue weighted by Crippen LogP contribution is -2.03. The zero-order chi connectivity index (χ0) is 7.68. The van der Waals surface area contributed by atoms with Crippen LogP contribution in [0.5, 0.6) is 0 Å². The van der Waals surface area contributed by atoms with E-state index in [0.29, 0.717) is 24.4 Å². The molecule has 2 rings (SSSR count). The topological polar surface area (TPSA) is 77.0 Å². The molecule has 3 N–H and O–H groups in total. The van der Waals surface area contributed by atoms with Crippen molar-refractivity contribution in [3.8, 4) is 0 Å². The Bertz CT molecular complexity index is 242. The predicted molar refractivity (Wildman–Crippen MR) is 38.8 cm³/mol. The van der Waals surface area contributed by atoms with Crippen LogP contribution < -0.4 is 11.1 Å². The van der Waals surface area contributed by atoms with Gasteiger partial charge in [-0.05, 0) is 18.0 Å². The van der Waals surface area contributed by atoms with Gasteiger partial charge in [0.2, 0.25) is 5.89 Å². The van der Waals surface area contributed by atoms with Crippen molar-refractivity contribution in [1.29, 1.82) is 0 Å². The van der Waals surface area contributed by atoms with Crippen LogP contribution >= 0.6 is 0 Å². The number of aromatic nitrogens is 2. The van der Waals surface area contributed by atoms with E-state index in [4.69, 9.17) is 10.3 Å². The second-order valence-corrected chi connectivity index (χ2v) is 2.63. The number of anilines is 1. The molecule has 0 radical (unpaired) electrons. The number of nitrogens with zero attached hydrogens (tertiary/aromatic N) is 2.